The van der Waals surface area contributed by atoms with E-state index in [1.807, 2.05) is 0 Å². The predicted octanol–water partition coefficient (Wildman–Crippen LogP) is 3.73. The van der Waals surface area contributed by atoms with Crippen LogP contribution in [-0.4, -0.2) is 29.7 Å². The molecule has 3 rings (SSSR count). The third kappa shape index (κ3) is 3.34. The van der Waals surface area contributed by atoms with Crippen molar-refractivity contribution in [2.45, 2.75) is 24.8 Å². The molecule has 0 saturated carbocycles. The Morgan fingerprint density at radius 1 is 1.22 bits per heavy atom. The number of anilines is 2. The number of rotatable bonds is 3. The van der Waals surface area contributed by atoms with Crippen molar-refractivity contribution >= 4 is 28.9 Å². The lowest BCUT2D eigenvalue weighted by Crippen LogP contribution is -2.33. The van der Waals surface area contributed by atoms with E-state index in [2.05, 4.69) is 4.90 Å². The van der Waals surface area contributed by atoms with Crippen LogP contribution in [0.1, 0.15) is 19.3 Å². The van der Waals surface area contributed by atoms with Gasteiger partial charge in [-0.3, -0.25) is 0 Å². The number of carboxylic acid groups (broad SMARTS) is 1. The molecule has 0 radical (unpaired) electrons. The number of hydrogen-bond acceptors (Lipinski definition) is 3. The van der Waals surface area contributed by atoms with E-state index in [-0.39, 0.29) is 11.4 Å². The van der Waals surface area contributed by atoms with Gasteiger partial charge in [0.15, 0.2) is 0 Å². The number of piperidine rings is 1. The minimum Gasteiger partial charge on any atom is -0.478 e. The molecule has 1 aromatic rings. The summed E-state index contributed by atoms with van der Waals surface area (Å²) in [6.07, 6.45) is 7.96. The van der Waals surface area contributed by atoms with Crippen molar-refractivity contribution < 1.29 is 14.3 Å². The molecule has 1 fully saturated rings. The van der Waals surface area contributed by atoms with Crippen molar-refractivity contribution in [1.29, 1.82) is 0 Å². The molecule has 0 aliphatic carbocycles. The Bertz CT molecular complexity index is 669. The minimum absolute atomic E-state index is 0.136. The van der Waals surface area contributed by atoms with Gasteiger partial charge in [-0.15, -0.1) is 0 Å². The molecule has 23 heavy (non-hydrogen) atoms. The molecule has 2 aliphatic heterocycles. The highest BCUT2D eigenvalue weighted by Gasteiger charge is 2.24. The van der Waals surface area contributed by atoms with E-state index in [9.17, 15) is 9.18 Å². The topological polar surface area (TPSA) is 43.8 Å². The van der Waals surface area contributed by atoms with Crippen LogP contribution in [0.25, 0.3) is 0 Å². The van der Waals surface area contributed by atoms with E-state index >= 15 is 0 Å². The second kappa shape index (κ2) is 6.62. The molecule has 1 saturated heterocycles. The highest BCUT2D eigenvalue weighted by Crippen LogP contribution is 2.36. The molecule has 6 heteroatoms. The van der Waals surface area contributed by atoms with Crippen molar-refractivity contribution in [3.8, 4) is 0 Å². The van der Waals surface area contributed by atoms with Crippen LogP contribution in [-0.2, 0) is 4.79 Å². The molecule has 1 N–H and O–H groups in total. The number of alkyl halides is 1. The highest BCUT2D eigenvalue weighted by atomic mass is 35.5. The summed E-state index contributed by atoms with van der Waals surface area (Å²) in [7, 11) is 0. The Labute approximate surface area is 139 Å². The number of benzene rings is 1. The van der Waals surface area contributed by atoms with Crippen molar-refractivity contribution in [1.82, 2.24) is 0 Å². The molecule has 1 atom stereocenters. The van der Waals surface area contributed by atoms with Crippen LogP contribution in [0, 0.1) is 5.82 Å². The summed E-state index contributed by atoms with van der Waals surface area (Å²) in [5.41, 5.74) is 1.05. The lowest BCUT2D eigenvalue weighted by atomic mass is 10.1. The van der Waals surface area contributed by atoms with E-state index in [0.29, 0.717) is 5.69 Å². The lowest BCUT2D eigenvalue weighted by molar-refractivity contribution is -0.132. The third-order valence-corrected chi connectivity index (χ3v) is 4.49. The maximum atomic E-state index is 13.8. The average Bonchev–Trinajstić information content (AvgIpc) is 2.55. The Balaban J connectivity index is 1.94. The second-order valence-electron chi connectivity index (χ2n) is 5.70. The van der Waals surface area contributed by atoms with E-state index in [4.69, 9.17) is 16.7 Å². The first kappa shape index (κ1) is 15.9. The van der Waals surface area contributed by atoms with Gasteiger partial charge in [0.2, 0.25) is 0 Å². The van der Waals surface area contributed by atoms with Crippen molar-refractivity contribution in [3.63, 3.8) is 0 Å². The first-order chi connectivity index (χ1) is 11.1. The van der Waals surface area contributed by atoms with Crippen LogP contribution in [0.2, 0.25) is 0 Å². The van der Waals surface area contributed by atoms with Crippen molar-refractivity contribution in [2.24, 2.45) is 0 Å². The zero-order valence-corrected chi connectivity index (χ0v) is 13.3. The maximum absolute atomic E-state index is 13.8. The van der Waals surface area contributed by atoms with Gasteiger partial charge in [-0.2, -0.15) is 0 Å². The molecule has 0 amide bonds. The number of nitrogens with zero attached hydrogens (tertiary/aromatic N) is 2. The molecule has 4 nitrogen and oxygen atoms in total. The molecule has 2 heterocycles. The molecule has 1 unspecified atom stereocenters. The molecule has 0 aromatic heterocycles. The van der Waals surface area contributed by atoms with Gasteiger partial charge in [0.1, 0.15) is 11.3 Å². The molecule has 2 aliphatic rings. The predicted molar refractivity (Wildman–Crippen MR) is 89.4 cm³/mol. The summed E-state index contributed by atoms with van der Waals surface area (Å²) in [5, 5.41) is 9.05. The summed E-state index contributed by atoms with van der Waals surface area (Å²) < 4.78 is 13.8. The Morgan fingerprint density at radius 3 is 2.61 bits per heavy atom. The zero-order chi connectivity index (χ0) is 16.4. The normalized spacial score (nSPS) is 21.3. The van der Waals surface area contributed by atoms with Gasteiger partial charge in [-0.25, -0.2) is 9.18 Å². The van der Waals surface area contributed by atoms with Gasteiger partial charge in [-0.1, -0.05) is 11.6 Å². The highest BCUT2D eigenvalue weighted by molar-refractivity contribution is 6.24. The van der Waals surface area contributed by atoms with Crippen LogP contribution in [0.4, 0.5) is 15.8 Å². The van der Waals surface area contributed by atoms with Gasteiger partial charge in [0.05, 0.1) is 16.9 Å². The van der Waals surface area contributed by atoms with Crippen LogP contribution < -0.4 is 9.80 Å². The summed E-state index contributed by atoms with van der Waals surface area (Å²) in [6, 6.07) is 4.66. The first-order valence-electron chi connectivity index (χ1n) is 7.66. The molecular weight excluding hydrogens is 319 g/mol. The van der Waals surface area contributed by atoms with Crippen LogP contribution in [0.5, 0.6) is 0 Å². The third-order valence-electron chi connectivity index (χ3n) is 4.16. The smallest absolute Gasteiger partial charge is 0.335 e. The zero-order valence-electron chi connectivity index (χ0n) is 12.6. The number of carbonyl (C=O) groups is 1. The fourth-order valence-electron chi connectivity index (χ4n) is 2.99. The Morgan fingerprint density at radius 2 is 1.96 bits per heavy atom. The lowest BCUT2D eigenvalue weighted by Gasteiger charge is -2.35. The minimum atomic E-state index is -1.03. The van der Waals surface area contributed by atoms with E-state index in [0.717, 1.165) is 31.6 Å². The van der Waals surface area contributed by atoms with Crippen molar-refractivity contribution in [2.75, 3.05) is 22.9 Å². The fraction of sp³-hybridized carbons (Fsp3) is 0.353. The summed E-state index contributed by atoms with van der Waals surface area (Å²) >= 11 is 6.31. The van der Waals surface area contributed by atoms with Gasteiger partial charge < -0.3 is 14.9 Å². The van der Waals surface area contributed by atoms with Gasteiger partial charge in [0.25, 0.3) is 0 Å². The molecule has 0 bridgehead atoms. The van der Waals surface area contributed by atoms with Gasteiger partial charge in [0, 0.05) is 19.3 Å². The number of carboxylic acids is 1. The number of hydrogen-bond donors (Lipinski definition) is 1. The van der Waals surface area contributed by atoms with Crippen LogP contribution in [0.3, 0.4) is 0 Å². The molecule has 0 spiro atoms. The average molecular weight is 337 g/mol. The van der Waals surface area contributed by atoms with Crippen molar-refractivity contribution in [3.05, 3.63) is 47.9 Å². The molecular formula is C17H18ClFN2O2. The molecule has 122 valence electrons. The van der Waals surface area contributed by atoms with E-state index in [1.165, 1.54) is 30.7 Å². The quantitative estimate of drug-likeness (QED) is 0.675. The fourth-order valence-corrected chi connectivity index (χ4v) is 3.29. The van der Waals surface area contributed by atoms with E-state index < -0.39 is 11.5 Å². The number of halogens is 2. The first-order valence-corrected chi connectivity index (χ1v) is 8.10. The van der Waals surface area contributed by atoms with Gasteiger partial charge in [-0.05, 0) is 49.6 Å². The summed E-state index contributed by atoms with van der Waals surface area (Å²) in [4.78, 5) is 15.0. The standard InChI is InChI=1S/C17H18ClFN2O2/c18-16-10-12(17(22)23)6-9-21(16)15-11-13(19)4-5-14(15)20-7-2-1-3-8-20/h4-6,9-11,16H,1-3,7-8H2,(H,22,23). The summed E-state index contributed by atoms with van der Waals surface area (Å²) in [5.74, 6) is -1.37. The van der Waals surface area contributed by atoms with Crippen LogP contribution >= 0.6 is 11.6 Å². The number of aliphatic carboxylic acids is 1. The van der Waals surface area contributed by atoms with Gasteiger partial charge >= 0.3 is 5.97 Å². The maximum Gasteiger partial charge on any atom is 0.335 e. The largest absolute Gasteiger partial charge is 0.478 e. The second-order valence-corrected chi connectivity index (χ2v) is 6.15. The Kier molecular flexibility index (Phi) is 4.57. The van der Waals surface area contributed by atoms with Crippen LogP contribution in [0.15, 0.2) is 42.1 Å². The molecule has 1 aromatic carbocycles. The van der Waals surface area contributed by atoms with E-state index in [1.54, 1.807) is 17.2 Å². The Hall–Kier alpha value is -2.01. The summed E-state index contributed by atoms with van der Waals surface area (Å²) in [6.45, 7) is 1.86. The monoisotopic (exact) mass is 336 g/mol. The SMILES string of the molecule is O=C(O)C1=CC(Cl)N(c2cc(F)ccc2N2CCCCC2)C=C1.